The number of hydrogen-bond acceptors (Lipinski definition) is 3. The van der Waals surface area contributed by atoms with Crippen LogP contribution < -0.4 is 0 Å². The van der Waals surface area contributed by atoms with Crippen LogP contribution >= 0.6 is 33.9 Å². The van der Waals surface area contributed by atoms with Gasteiger partial charge in [0.05, 0.1) is 2.88 Å². The first-order valence-electron chi connectivity index (χ1n) is 5.99. The van der Waals surface area contributed by atoms with Gasteiger partial charge in [-0.2, -0.15) is 5.10 Å². The summed E-state index contributed by atoms with van der Waals surface area (Å²) in [5.41, 5.74) is 1.14. The van der Waals surface area contributed by atoms with Gasteiger partial charge < -0.3 is 0 Å². The Kier molecular flexibility index (Phi) is 3.46. The zero-order chi connectivity index (χ0) is 11.7. The summed E-state index contributed by atoms with van der Waals surface area (Å²) in [6.45, 7) is 0. The van der Waals surface area contributed by atoms with E-state index in [-0.39, 0.29) is 0 Å². The highest BCUT2D eigenvalue weighted by molar-refractivity contribution is 14.1. The molecule has 1 aliphatic carbocycles. The number of aromatic amines is 1. The van der Waals surface area contributed by atoms with E-state index < -0.39 is 0 Å². The van der Waals surface area contributed by atoms with Crippen molar-refractivity contribution in [1.82, 2.24) is 15.2 Å². The van der Waals surface area contributed by atoms with Crippen molar-refractivity contribution in [1.29, 1.82) is 0 Å². The van der Waals surface area contributed by atoms with E-state index in [1.165, 1.54) is 35.0 Å². The summed E-state index contributed by atoms with van der Waals surface area (Å²) < 4.78 is 1.28. The van der Waals surface area contributed by atoms with Crippen molar-refractivity contribution in [2.45, 2.75) is 38.0 Å². The highest BCUT2D eigenvalue weighted by atomic mass is 127. The Hall–Kier alpha value is -0.430. The molecule has 3 rings (SSSR count). The maximum atomic E-state index is 4.65. The van der Waals surface area contributed by atoms with Gasteiger partial charge in [-0.05, 0) is 41.5 Å². The molecule has 0 aromatic carbocycles. The standard InChI is InChI=1S/C12H14IN3S/c13-10-6-9(7-17-10)12-14-11(15-16-12)8-4-2-1-3-5-8/h6-8H,1-5H2,(H,14,15,16). The van der Waals surface area contributed by atoms with Crippen LogP contribution in [0.3, 0.4) is 0 Å². The average molecular weight is 359 g/mol. The van der Waals surface area contributed by atoms with Crippen molar-refractivity contribution in [3.8, 4) is 11.4 Å². The molecule has 5 heteroatoms. The third kappa shape index (κ3) is 2.54. The van der Waals surface area contributed by atoms with Gasteiger partial charge in [-0.3, -0.25) is 5.10 Å². The monoisotopic (exact) mass is 359 g/mol. The Morgan fingerprint density at radius 1 is 1.29 bits per heavy atom. The molecule has 0 radical (unpaired) electrons. The Balaban J connectivity index is 1.82. The van der Waals surface area contributed by atoms with E-state index >= 15 is 0 Å². The molecule has 17 heavy (non-hydrogen) atoms. The Labute approximate surface area is 118 Å². The molecule has 1 aliphatic rings. The summed E-state index contributed by atoms with van der Waals surface area (Å²) in [6, 6.07) is 2.14. The van der Waals surface area contributed by atoms with Gasteiger partial charge in [0.2, 0.25) is 0 Å². The molecule has 0 spiro atoms. The van der Waals surface area contributed by atoms with Crippen LogP contribution in [0.5, 0.6) is 0 Å². The average Bonchev–Trinajstić information content (AvgIpc) is 2.98. The molecule has 1 saturated carbocycles. The molecule has 2 aromatic rings. The molecule has 3 nitrogen and oxygen atoms in total. The molecule has 0 amide bonds. The minimum absolute atomic E-state index is 0.600. The van der Waals surface area contributed by atoms with Crippen LogP contribution in [0.15, 0.2) is 11.4 Å². The molecule has 1 fully saturated rings. The first-order chi connectivity index (χ1) is 8.33. The number of H-pyrrole nitrogens is 1. The quantitative estimate of drug-likeness (QED) is 0.818. The number of thiophene rings is 1. The van der Waals surface area contributed by atoms with Crippen LogP contribution in [0, 0.1) is 2.88 Å². The SMILES string of the molecule is Ic1cc(-c2n[nH]c(C3CCCCC3)n2)cs1. The molecule has 2 aromatic heterocycles. The predicted octanol–water partition coefficient (Wildman–Crippen LogP) is 4.19. The van der Waals surface area contributed by atoms with Crippen molar-refractivity contribution >= 4 is 33.9 Å². The van der Waals surface area contributed by atoms with Crippen molar-refractivity contribution < 1.29 is 0 Å². The second-order valence-electron chi connectivity index (χ2n) is 4.52. The van der Waals surface area contributed by atoms with E-state index in [9.17, 15) is 0 Å². The van der Waals surface area contributed by atoms with E-state index in [0.29, 0.717) is 5.92 Å². The van der Waals surface area contributed by atoms with E-state index in [4.69, 9.17) is 0 Å². The number of rotatable bonds is 2. The Bertz CT molecular complexity index is 499. The van der Waals surface area contributed by atoms with Gasteiger partial charge in [0.25, 0.3) is 0 Å². The number of aromatic nitrogens is 3. The second-order valence-corrected chi connectivity index (χ2v) is 7.32. The molecule has 0 bridgehead atoms. The van der Waals surface area contributed by atoms with Crippen molar-refractivity contribution in [2.24, 2.45) is 0 Å². The van der Waals surface area contributed by atoms with Gasteiger partial charge in [-0.15, -0.1) is 11.3 Å². The lowest BCUT2D eigenvalue weighted by Gasteiger charge is -2.18. The van der Waals surface area contributed by atoms with Gasteiger partial charge in [0.15, 0.2) is 5.82 Å². The molecular formula is C12H14IN3S. The van der Waals surface area contributed by atoms with Crippen LogP contribution in [0.4, 0.5) is 0 Å². The normalized spacial score (nSPS) is 17.5. The van der Waals surface area contributed by atoms with E-state index in [0.717, 1.165) is 17.2 Å². The molecule has 1 N–H and O–H groups in total. The van der Waals surface area contributed by atoms with Crippen LogP contribution in [0.25, 0.3) is 11.4 Å². The minimum Gasteiger partial charge on any atom is -0.262 e. The van der Waals surface area contributed by atoms with Gasteiger partial charge in [-0.25, -0.2) is 4.98 Å². The molecule has 0 aliphatic heterocycles. The fraction of sp³-hybridized carbons (Fsp3) is 0.500. The van der Waals surface area contributed by atoms with Crippen LogP contribution in [0.1, 0.15) is 43.8 Å². The summed E-state index contributed by atoms with van der Waals surface area (Å²) in [6.07, 6.45) is 6.56. The van der Waals surface area contributed by atoms with Crippen LogP contribution in [-0.2, 0) is 0 Å². The number of hydrogen-bond donors (Lipinski definition) is 1. The highest BCUT2D eigenvalue weighted by Gasteiger charge is 2.19. The first-order valence-corrected chi connectivity index (χ1v) is 7.95. The fourth-order valence-corrected chi connectivity index (χ4v) is 3.71. The Morgan fingerprint density at radius 2 is 2.12 bits per heavy atom. The van der Waals surface area contributed by atoms with Gasteiger partial charge in [0.1, 0.15) is 5.82 Å². The van der Waals surface area contributed by atoms with Crippen molar-refractivity contribution in [3.05, 3.63) is 20.2 Å². The number of nitrogens with zero attached hydrogens (tertiary/aromatic N) is 2. The third-order valence-corrected chi connectivity index (χ3v) is 5.11. The zero-order valence-corrected chi connectivity index (χ0v) is 12.4. The summed E-state index contributed by atoms with van der Waals surface area (Å²) in [5, 5.41) is 9.59. The molecule has 2 heterocycles. The topological polar surface area (TPSA) is 41.6 Å². The van der Waals surface area contributed by atoms with E-state index in [1.54, 1.807) is 11.3 Å². The summed E-state index contributed by atoms with van der Waals surface area (Å²) in [7, 11) is 0. The smallest absolute Gasteiger partial charge is 0.182 e. The largest absolute Gasteiger partial charge is 0.262 e. The van der Waals surface area contributed by atoms with E-state index in [1.807, 2.05) is 0 Å². The molecule has 90 valence electrons. The first kappa shape index (κ1) is 11.6. The van der Waals surface area contributed by atoms with E-state index in [2.05, 4.69) is 49.2 Å². The summed E-state index contributed by atoms with van der Waals surface area (Å²) in [5.74, 6) is 2.54. The van der Waals surface area contributed by atoms with Crippen molar-refractivity contribution in [3.63, 3.8) is 0 Å². The van der Waals surface area contributed by atoms with Gasteiger partial charge in [-0.1, -0.05) is 19.3 Å². The zero-order valence-electron chi connectivity index (χ0n) is 9.45. The number of halogens is 1. The number of nitrogens with one attached hydrogen (secondary N) is 1. The lowest BCUT2D eigenvalue weighted by molar-refractivity contribution is 0.429. The van der Waals surface area contributed by atoms with Crippen LogP contribution in [0.2, 0.25) is 0 Å². The molecule has 0 atom stereocenters. The predicted molar refractivity (Wildman–Crippen MR) is 78.2 cm³/mol. The third-order valence-electron chi connectivity index (χ3n) is 3.32. The van der Waals surface area contributed by atoms with Crippen molar-refractivity contribution in [2.75, 3.05) is 0 Å². The minimum atomic E-state index is 0.600. The summed E-state index contributed by atoms with van der Waals surface area (Å²) in [4.78, 5) is 4.65. The lowest BCUT2D eigenvalue weighted by Crippen LogP contribution is -2.06. The van der Waals surface area contributed by atoms with Crippen LogP contribution in [-0.4, -0.2) is 15.2 Å². The highest BCUT2D eigenvalue weighted by Crippen LogP contribution is 2.32. The van der Waals surface area contributed by atoms with Gasteiger partial charge in [0, 0.05) is 16.9 Å². The fourth-order valence-electron chi connectivity index (χ4n) is 2.39. The second kappa shape index (κ2) is 5.06. The van der Waals surface area contributed by atoms with Gasteiger partial charge >= 0.3 is 0 Å². The Morgan fingerprint density at radius 3 is 2.82 bits per heavy atom. The lowest BCUT2D eigenvalue weighted by atomic mass is 9.89. The molecule has 0 unspecified atom stereocenters. The summed E-state index contributed by atoms with van der Waals surface area (Å²) >= 11 is 4.07. The molecule has 0 saturated heterocycles. The maximum absolute atomic E-state index is 4.65. The maximum Gasteiger partial charge on any atom is 0.182 e. The molecular weight excluding hydrogens is 345 g/mol.